The number of pyridine rings is 1. The quantitative estimate of drug-likeness (QED) is 0.820. The van der Waals surface area contributed by atoms with E-state index in [4.69, 9.17) is 0 Å². The molecule has 3 fully saturated rings. The molecule has 6 heteroatoms. The van der Waals surface area contributed by atoms with Crippen LogP contribution in [0, 0.1) is 18.7 Å². The zero-order valence-corrected chi connectivity index (χ0v) is 15.3. The van der Waals surface area contributed by atoms with Gasteiger partial charge >= 0.3 is 0 Å². The van der Waals surface area contributed by atoms with Crippen LogP contribution in [0.1, 0.15) is 39.3 Å². The molecule has 27 heavy (non-hydrogen) atoms. The van der Waals surface area contributed by atoms with Gasteiger partial charge in [0, 0.05) is 37.4 Å². The Kier molecular flexibility index (Phi) is 4.64. The minimum absolute atomic E-state index is 0.0495. The van der Waals surface area contributed by atoms with Crippen molar-refractivity contribution in [3.05, 3.63) is 65.2 Å². The molecular formula is C21H22FN3O2. The van der Waals surface area contributed by atoms with E-state index in [1.54, 1.807) is 30.5 Å². The SMILES string of the molecule is Cc1ccc(F)cc1C(=O)N1C[C@H]2CC[C@@H]1CN(C(=O)c1ccccn1)C2. The average molecular weight is 367 g/mol. The molecule has 140 valence electrons. The number of benzene rings is 1. The molecule has 4 heterocycles. The van der Waals surface area contributed by atoms with Crippen LogP contribution >= 0.6 is 0 Å². The number of aryl methyl sites for hydroxylation is 1. The Morgan fingerprint density at radius 2 is 1.93 bits per heavy atom. The number of rotatable bonds is 2. The van der Waals surface area contributed by atoms with Crippen molar-refractivity contribution in [1.82, 2.24) is 14.8 Å². The molecule has 2 atom stereocenters. The zero-order chi connectivity index (χ0) is 19.0. The number of halogens is 1. The number of hydrogen-bond acceptors (Lipinski definition) is 3. The molecule has 0 N–H and O–H groups in total. The van der Waals surface area contributed by atoms with Crippen molar-refractivity contribution in [2.45, 2.75) is 25.8 Å². The highest BCUT2D eigenvalue weighted by atomic mass is 19.1. The maximum Gasteiger partial charge on any atom is 0.272 e. The zero-order valence-electron chi connectivity index (χ0n) is 15.3. The Labute approximate surface area is 157 Å². The highest BCUT2D eigenvalue weighted by Crippen LogP contribution is 2.30. The fourth-order valence-electron chi connectivity index (χ4n) is 4.13. The number of carbonyl (C=O) groups excluding carboxylic acids is 2. The summed E-state index contributed by atoms with van der Waals surface area (Å²) in [6.07, 6.45) is 3.46. The molecule has 2 aromatic rings. The predicted molar refractivity (Wildman–Crippen MR) is 98.8 cm³/mol. The summed E-state index contributed by atoms with van der Waals surface area (Å²) in [5.74, 6) is -0.414. The maximum absolute atomic E-state index is 13.7. The van der Waals surface area contributed by atoms with Crippen LogP contribution in [0.4, 0.5) is 4.39 Å². The number of amides is 2. The van der Waals surface area contributed by atoms with Gasteiger partial charge in [0.25, 0.3) is 11.8 Å². The molecular weight excluding hydrogens is 345 g/mol. The molecule has 5 nitrogen and oxygen atoms in total. The largest absolute Gasteiger partial charge is 0.335 e. The molecule has 1 aromatic carbocycles. The van der Waals surface area contributed by atoms with Gasteiger partial charge < -0.3 is 9.80 Å². The van der Waals surface area contributed by atoms with Gasteiger partial charge in [-0.05, 0) is 55.5 Å². The molecule has 2 amide bonds. The molecule has 3 aliphatic heterocycles. The van der Waals surface area contributed by atoms with E-state index >= 15 is 0 Å². The van der Waals surface area contributed by atoms with Crippen LogP contribution in [0.3, 0.4) is 0 Å². The van der Waals surface area contributed by atoms with Crippen molar-refractivity contribution in [2.75, 3.05) is 19.6 Å². The van der Waals surface area contributed by atoms with E-state index in [0.29, 0.717) is 30.9 Å². The van der Waals surface area contributed by atoms with Crippen molar-refractivity contribution >= 4 is 11.8 Å². The fraction of sp³-hybridized carbons (Fsp3) is 0.381. The number of piperidine rings is 1. The molecule has 0 spiro atoms. The van der Waals surface area contributed by atoms with Crippen LogP contribution in [0.25, 0.3) is 0 Å². The van der Waals surface area contributed by atoms with E-state index < -0.39 is 5.82 Å². The topological polar surface area (TPSA) is 53.5 Å². The lowest BCUT2D eigenvalue weighted by atomic mass is 9.94. The fourth-order valence-corrected chi connectivity index (χ4v) is 4.13. The number of hydrogen-bond donors (Lipinski definition) is 0. The van der Waals surface area contributed by atoms with Crippen LogP contribution in [-0.4, -0.2) is 52.3 Å². The summed E-state index contributed by atoms with van der Waals surface area (Å²) in [5, 5.41) is 0. The minimum Gasteiger partial charge on any atom is -0.335 e. The highest BCUT2D eigenvalue weighted by molar-refractivity contribution is 5.96. The number of fused-ring (bicyclic) bond motifs is 4. The summed E-state index contributed by atoms with van der Waals surface area (Å²) in [6, 6.07) is 9.57. The first-order valence-electron chi connectivity index (χ1n) is 9.30. The van der Waals surface area contributed by atoms with Gasteiger partial charge in [-0.15, -0.1) is 0 Å². The van der Waals surface area contributed by atoms with Gasteiger partial charge in [0.2, 0.25) is 0 Å². The van der Waals surface area contributed by atoms with Crippen molar-refractivity contribution in [1.29, 1.82) is 0 Å². The molecule has 2 bridgehead atoms. The van der Waals surface area contributed by atoms with Crippen molar-refractivity contribution in [3.63, 3.8) is 0 Å². The Morgan fingerprint density at radius 1 is 1.07 bits per heavy atom. The van der Waals surface area contributed by atoms with Crippen LogP contribution in [0.5, 0.6) is 0 Å². The first-order valence-corrected chi connectivity index (χ1v) is 9.30. The molecule has 0 aliphatic carbocycles. The average Bonchev–Trinajstić information content (AvgIpc) is 3.01. The second-order valence-corrected chi connectivity index (χ2v) is 7.44. The summed E-state index contributed by atoms with van der Waals surface area (Å²) >= 11 is 0. The molecule has 3 aliphatic rings. The van der Waals surface area contributed by atoms with Gasteiger partial charge in [0.15, 0.2) is 0 Å². The van der Waals surface area contributed by atoms with Crippen LogP contribution in [0.15, 0.2) is 42.6 Å². The molecule has 0 saturated carbocycles. The van der Waals surface area contributed by atoms with Crippen LogP contribution in [0.2, 0.25) is 0 Å². The molecule has 5 rings (SSSR count). The summed E-state index contributed by atoms with van der Waals surface area (Å²) in [6.45, 7) is 3.54. The molecule has 0 unspecified atom stereocenters. The van der Waals surface area contributed by atoms with Gasteiger partial charge in [0.1, 0.15) is 11.5 Å². The second kappa shape index (κ2) is 7.10. The molecule has 0 radical (unpaired) electrons. The van der Waals surface area contributed by atoms with E-state index in [1.165, 1.54) is 12.1 Å². The molecule has 3 saturated heterocycles. The second-order valence-electron chi connectivity index (χ2n) is 7.44. The monoisotopic (exact) mass is 367 g/mol. The van der Waals surface area contributed by atoms with Gasteiger partial charge in [-0.25, -0.2) is 4.39 Å². The third-order valence-corrected chi connectivity index (χ3v) is 5.58. The first-order chi connectivity index (χ1) is 13.0. The lowest BCUT2D eigenvalue weighted by Gasteiger charge is -2.36. The van der Waals surface area contributed by atoms with Gasteiger partial charge in [-0.2, -0.15) is 0 Å². The molecule has 1 aromatic heterocycles. The third kappa shape index (κ3) is 3.44. The van der Waals surface area contributed by atoms with Gasteiger partial charge in [-0.3, -0.25) is 14.6 Å². The standard InChI is InChI=1S/C21H22FN3O2/c1-14-5-7-16(22)10-18(14)20(26)25-12-15-6-8-17(25)13-24(11-15)21(27)19-4-2-3-9-23-19/h2-5,7,9-10,15,17H,6,8,11-13H2,1H3/t15-,17+/m0/s1. The minimum atomic E-state index is -0.407. The summed E-state index contributed by atoms with van der Waals surface area (Å²) in [7, 11) is 0. The van der Waals surface area contributed by atoms with E-state index in [2.05, 4.69) is 4.98 Å². The highest BCUT2D eigenvalue weighted by Gasteiger charge is 2.39. The van der Waals surface area contributed by atoms with Crippen molar-refractivity contribution < 1.29 is 14.0 Å². The summed E-state index contributed by atoms with van der Waals surface area (Å²) in [5.41, 5.74) is 1.60. The Morgan fingerprint density at radius 3 is 2.70 bits per heavy atom. The summed E-state index contributed by atoms with van der Waals surface area (Å²) < 4.78 is 13.7. The Balaban J connectivity index is 1.57. The first kappa shape index (κ1) is 17.6. The predicted octanol–water partition coefficient (Wildman–Crippen LogP) is 2.91. The van der Waals surface area contributed by atoms with Crippen molar-refractivity contribution in [3.8, 4) is 0 Å². The summed E-state index contributed by atoms with van der Waals surface area (Å²) in [4.78, 5) is 33.7. The van der Waals surface area contributed by atoms with E-state index in [9.17, 15) is 14.0 Å². The number of aromatic nitrogens is 1. The maximum atomic E-state index is 13.7. The van der Waals surface area contributed by atoms with Crippen LogP contribution < -0.4 is 0 Å². The number of carbonyl (C=O) groups is 2. The van der Waals surface area contributed by atoms with Crippen molar-refractivity contribution in [2.24, 2.45) is 5.92 Å². The lowest BCUT2D eigenvalue weighted by Crippen LogP contribution is -2.48. The van der Waals surface area contributed by atoms with E-state index in [0.717, 1.165) is 18.4 Å². The van der Waals surface area contributed by atoms with Gasteiger partial charge in [-0.1, -0.05) is 12.1 Å². The van der Waals surface area contributed by atoms with Gasteiger partial charge in [0.05, 0.1) is 0 Å². The lowest BCUT2D eigenvalue weighted by molar-refractivity contribution is 0.0573. The van der Waals surface area contributed by atoms with E-state index in [1.807, 2.05) is 16.7 Å². The van der Waals surface area contributed by atoms with E-state index in [-0.39, 0.29) is 23.8 Å². The smallest absolute Gasteiger partial charge is 0.272 e. The van der Waals surface area contributed by atoms with Crippen LogP contribution in [-0.2, 0) is 0 Å². The third-order valence-electron chi connectivity index (χ3n) is 5.58. The Bertz CT molecular complexity index is 871. The Hall–Kier alpha value is -2.76. The normalized spacial score (nSPS) is 21.9. The number of nitrogens with zero attached hydrogens (tertiary/aromatic N) is 3.